The number of amides is 1. The van der Waals surface area contributed by atoms with Crippen LogP contribution in [-0.2, 0) is 11.2 Å². The zero-order valence-corrected chi connectivity index (χ0v) is 11.1. The van der Waals surface area contributed by atoms with E-state index >= 15 is 0 Å². The Hall–Kier alpha value is -1.55. The van der Waals surface area contributed by atoms with Crippen molar-refractivity contribution in [1.82, 2.24) is 5.32 Å². The van der Waals surface area contributed by atoms with Crippen LogP contribution < -0.4 is 15.4 Å². The maximum absolute atomic E-state index is 11.3. The van der Waals surface area contributed by atoms with Gasteiger partial charge in [0.2, 0.25) is 0 Å². The van der Waals surface area contributed by atoms with Crippen LogP contribution in [0.5, 0.6) is 5.75 Å². The topological polar surface area (TPSA) is 50.4 Å². The Labute approximate surface area is 113 Å². The second-order valence-electron chi connectivity index (χ2n) is 5.40. The molecule has 2 heterocycles. The van der Waals surface area contributed by atoms with Crippen LogP contribution in [0.1, 0.15) is 24.8 Å². The summed E-state index contributed by atoms with van der Waals surface area (Å²) in [4.78, 5) is 11.3. The lowest BCUT2D eigenvalue weighted by molar-refractivity contribution is -0.118. The van der Waals surface area contributed by atoms with E-state index in [1.165, 1.54) is 24.8 Å². The van der Waals surface area contributed by atoms with E-state index in [4.69, 9.17) is 4.74 Å². The minimum Gasteiger partial charge on any atom is -0.482 e. The third-order valence-corrected chi connectivity index (χ3v) is 3.98. The van der Waals surface area contributed by atoms with Crippen LogP contribution in [0.2, 0.25) is 0 Å². The Morgan fingerprint density at radius 1 is 1.26 bits per heavy atom. The number of carbonyl (C=O) groups is 1. The highest BCUT2D eigenvalue weighted by Gasteiger charge is 2.17. The maximum atomic E-state index is 11.3. The summed E-state index contributed by atoms with van der Waals surface area (Å²) in [7, 11) is 0. The minimum absolute atomic E-state index is 0.0667. The van der Waals surface area contributed by atoms with Gasteiger partial charge in [-0.3, -0.25) is 4.79 Å². The molecule has 2 aliphatic rings. The third-order valence-electron chi connectivity index (χ3n) is 3.98. The van der Waals surface area contributed by atoms with Gasteiger partial charge in [-0.05, 0) is 62.4 Å². The largest absolute Gasteiger partial charge is 0.482 e. The number of fused-ring (bicyclic) bond motifs is 1. The molecule has 4 nitrogen and oxygen atoms in total. The van der Waals surface area contributed by atoms with Crippen molar-refractivity contribution in [2.75, 3.05) is 25.0 Å². The van der Waals surface area contributed by atoms with Gasteiger partial charge in [-0.1, -0.05) is 6.07 Å². The Morgan fingerprint density at radius 3 is 2.95 bits per heavy atom. The highest BCUT2D eigenvalue weighted by molar-refractivity contribution is 5.95. The first-order valence-corrected chi connectivity index (χ1v) is 7.07. The second kappa shape index (κ2) is 5.61. The smallest absolute Gasteiger partial charge is 0.262 e. The van der Waals surface area contributed by atoms with Gasteiger partial charge in [0, 0.05) is 0 Å². The summed E-state index contributed by atoms with van der Waals surface area (Å²) in [5.74, 6) is 1.55. The lowest BCUT2D eigenvalue weighted by Crippen LogP contribution is -2.28. The molecule has 1 amide bonds. The summed E-state index contributed by atoms with van der Waals surface area (Å²) in [6.07, 6.45) is 4.87. The number of rotatable bonds is 3. The monoisotopic (exact) mass is 260 g/mol. The first-order valence-electron chi connectivity index (χ1n) is 7.07. The quantitative estimate of drug-likeness (QED) is 0.873. The summed E-state index contributed by atoms with van der Waals surface area (Å²) >= 11 is 0. The van der Waals surface area contributed by atoms with Gasteiger partial charge in [0.1, 0.15) is 5.75 Å². The summed E-state index contributed by atoms with van der Waals surface area (Å²) in [5, 5.41) is 6.26. The highest BCUT2D eigenvalue weighted by Crippen LogP contribution is 2.29. The van der Waals surface area contributed by atoms with Gasteiger partial charge in [-0.25, -0.2) is 0 Å². The molecule has 0 aliphatic carbocycles. The van der Waals surface area contributed by atoms with E-state index in [1.54, 1.807) is 0 Å². The molecule has 0 unspecified atom stereocenters. The van der Waals surface area contributed by atoms with E-state index in [-0.39, 0.29) is 12.5 Å². The molecule has 2 aliphatic heterocycles. The van der Waals surface area contributed by atoms with Gasteiger partial charge >= 0.3 is 0 Å². The van der Waals surface area contributed by atoms with Crippen LogP contribution in [-0.4, -0.2) is 25.6 Å². The molecular weight excluding hydrogens is 240 g/mol. The molecule has 1 aromatic carbocycles. The third kappa shape index (κ3) is 3.07. The predicted octanol–water partition coefficient (Wildman–Crippen LogP) is 1.95. The van der Waals surface area contributed by atoms with E-state index in [2.05, 4.69) is 16.7 Å². The van der Waals surface area contributed by atoms with Crippen molar-refractivity contribution < 1.29 is 9.53 Å². The number of hydrogen-bond acceptors (Lipinski definition) is 3. The summed E-state index contributed by atoms with van der Waals surface area (Å²) < 4.78 is 5.36. The molecule has 0 spiro atoms. The SMILES string of the molecule is O=C1COc2ccc(CCC3CCNCC3)cc2N1. The predicted molar refractivity (Wildman–Crippen MR) is 74.5 cm³/mol. The summed E-state index contributed by atoms with van der Waals surface area (Å²) in [6, 6.07) is 6.12. The minimum atomic E-state index is -0.0667. The van der Waals surface area contributed by atoms with Gasteiger partial charge in [0.15, 0.2) is 6.61 Å². The van der Waals surface area contributed by atoms with Gasteiger partial charge in [-0.15, -0.1) is 0 Å². The number of carbonyl (C=O) groups excluding carboxylic acids is 1. The molecular formula is C15H20N2O2. The summed E-state index contributed by atoms with van der Waals surface area (Å²) in [5.41, 5.74) is 2.10. The molecule has 1 saturated heterocycles. The van der Waals surface area contributed by atoms with Gasteiger partial charge < -0.3 is 15.4 Å². The highest BCUT2D eigenvalue weighted by atomic mass is 16.5. The average Bonchev–Trinajstić information content (AvgIpc) is 2.46. The zero-order chi connectivity index (χ0) is 13.1. The van der Waals surface area contributed by atoms with Crippen molar-refractivity contribution >= 4 is 11.6 Å². The number of ether oxygens (including phenoxy) is 1. The number of piperidine rings is 1. The first-order chi connectivity index (χ1) is 9.31. The van der Waals surface area contributed by atoms with Crippen LogP contribution in [0.3, 0.4) is 0 Å². The molecule has 0 aromatic heterocycles. The molecule has 0 radical (unpaired) electrons. The van der Waals surface area contributed by atoms with Crippen molar-refractivity contribution in [3.8, 4) is 5.75 Å². The molecule has 4 heteroatoms. The van der Waals surface area contributed by atoms with Crippen LogP contribution in [0.25, 0.3) is 0 Å². The Morgan fingerprint density at radius 2 is 2.11 bits per heavy atom. The normalized spacial score (nSPS) is 19.5. The fourth-order valence-corrected chi connectivity index (χ4v) is 2.83. The van der Waals surface area contributed by atoms with E-state index < -0.39 is 0 Å². The zero-order valence-electron chi connectivity index (χ0n) is 11.1. The molecule has 2 N–H and O–H groups in total. The fraction of sp³-hybridized carbons (Fsp3) is 0.533. The van der Waals surface area contributed by atoms with Crippen LogP contribution in [0, 0.1) is 5.92 Å². The number of anilines is 1. The fourth-order valence-electron chi connectivity index (χ4n) is 2.83. The number of benzene rings is 1. The standard InChI is InChI=1S/C15H20N2O2/c18-15-10-19-14-4-3-12(9-13(14)17-15)2-1-11-5-7-16-8-6-11/h3-4,9,11,16H,1-2,5-8,10H2,(H,17,18). The van der Waals surface area contributed by atoms with Crippen molar-refractivity contribution in [3.05, 3.63) is 23.8 Å². The lowest BCUT2D eigenvalue weighted by Gasteiger charge is -2.23. The summed E-state index contributed by atoms with van der Waals surface area (Å²) in [6.45, 7) is 2.43. The second-order valence-corrected chi connectivity index (χ2v) is 5.40. The molecule has 102 valence electrons. The van der Waals surface area contributed by atoms with E-state index in [1.807, 2.05) is 12.1 Å². The Balaban J connectivity index is 1.61. The molecule has 19 heavy (non-hydrogen) atoms. The van der Waals surface area contributed by atoms with Crippen molar-refractivity contribution in [2.45, 2.75) is 25.7 Å². The lowest BCUT2D eigenvalue weighted by atomic mass is 9.91. The van der Waals surface area contributed by atoms with Crippen molar-refractivity contribution in [1.29, 1.82) is 0 Å². The van der Waals surface area contributed by atoms with Gasteiger partial charge in [0.05, 0.1) is 5.69 Å². The molecule has 1 fully saturated rings. The van der Waals surface area contributed by atoms with Gasteiger partial charge in [0.25, 0.3) is 5.91 Å². The van der Waals surface area contributed by atoms with Crippen molar-refractivity contribution in [2.24, 2.45) is 5.92 Å². The molecule has 0 bridgehead atoms. The van der Waals surface area contributed by atoms with Gasteiger partial charge in [-0.2, -0.15) is 0 Å². The van der Waals surface area contributed by atoms with E-state index in [0.717, 1.165) is 36.9 Å². The number of hydrogen-bond donors (Lipinski definition) is 2. The van der Waals surface area contributed by atoms with E-state index in [0.29, 0.717) is 0 Å². The molecule has 0 atom stereocenters. The average molecular weight is 260 g/mol. The molecule has 3 rings (SSSR count). The Kier molecular flexibility index (Phi) is 3.69. The number of aryl methyl sites for hydroxylation is 1. The van der Waals surface area contributed by atoms with E-state index in [9.17, 15) is 4.79 Å². The molecule has 1 aromatic rings. The van der Waals surface area contributed by atoms with Crippen molar-refractivity contribution in [3.63, 3.8) is 0 Å². The molecule has 0 saturated carbocycles. The first kappa shape index (κ1) is 12.5. The van der Waals surface area contributed by atoms with Crippen LogP contribution in [0.15, 0.2) is 18.2 Å². The van der Waals surface area contributed by atoms with Crippen LogP contribution in [0.4, 0.5) is 5.69 Å². The maximum Gasteiger partial charge on any atom is 0.262 e. The number of nitrogens with one attached hydrogen (secondary N) is 2. The Bertz CT molecular complexity index is 467. The van der Waals surface area contributed by atoms with Crippen LogP contribution >= 0.6 is 0 Å².